The summed E-state index contributed by atoms with van der Waals surface area (Å²) in [5, 5.41) is 0. The monoisotopic (exact) mass is 393 g/mol. The molecule has 0 radical (unpaired) electrons. The third kappa shape index (κ3) is 4.77. The van der Waals surface area contributed by atoms with Gasteiger partial charge in [0.05, 0.1) is 12.1 Å². The van der Waals surface area contributed by atoms with Crippen molar-refractivity contribution >= 4 is 23.6 Å². The van der Waals surface area contributed by atoms with Gasteiger partial charge in [-0.05, 0) is 36.6 Å². The van der Waals surface area contributed by atoms with E-state index in [1.807, 2.05) is 19.1 Å². The number of benzene rings is 2. The van der Waals surface area contributed by atoms with Gasteiger partial charge in [-0.25, -0.2) is 4.79 Å². The number of rotatable bonds is 7. The first-order valence-corrected chi connectivity index (χ1v) is 9.65. The standard InChI is InChI=1S/C23H23NO5/c1-3-16-4-8-18(9-5-16)22(27)15(2)29-23(28)19-10-6-17(7-11-19)14-24-20(25)12-13-21(24)26/h4-11,15H,3,12-14H2,1-2H3/t15-/m0/s1. The van der Waals surface area contributed by atoms with Gasteiger partial charge >= 0.3 is 5.97 Å². The summed E-state index contributed by atoms with van der Waals surface area (Å²) in [5.41, 5.74) is 2.67. The average molecular weight is 393 g/mol. The van der Waals surface area contributed by atoms with Crippen LogP contribution in [0.3, 0.4) is 0 Å². The highest BCUT2D eigenvalue weighted by atomic mass is 16.5. The third-order valence-electron chi connectivity index (χ3n) is 4.98. The van der Waals surface area contributed by atoms with Crippen molar-refractivity contribution in [1.82, 2.24) is 4.90 Å². The molecule has 3 rings (SSSR count). The van der Waals surface area contributed by atoms with E-state index in [9.17, 15) is 19.2 Å². The summed E-state index contributed by atoms with van der Waals surface area (Å²) in [6.07, 6.45) is 0.469. The number of amides is 2. The van der Waals surface area contributed by atoms with E-state index in [-0.39, 0.29) is 37.0 Å². The van der Waals surface area contributed by atoms with Gasteiger partial charge in [0.2, 0.25) is 17.6 Å². The van der Waals surface area contributed by atoms with Crippen LogP contribution in [0.4, 0.5) is 0 Å². The van der Waals surface area contributed by atoms with Gasteiger partial charge in [-0.3, -0.25) is 19.3 Å². The highest BCUT2D eigenvalue weighted by molar-refractivity contribution is 6.02. The van der Waals surface area contributed by atoms with Crippen molar-refractivity contribution in [2.75, 3.05) is 0 Å². The van der Waals surface area contributed by atoms with Crippen molar-refractivity contribution < 1.29 is 23.9 Å². The van der Waals surface area contributed by atoms with Crippen LogP contribution in [0.2, 0.25) is 0 Å². The fourth-order valence-electron chi connectivity index (χ4n) is 3.15. The maximum atomic E-state index is 12.5. The largest absolute Gasteiger partial charge is 0.451 e. The second-order valence-corrected chi connectivity index (χ2v) is 7.03. The molecule has 29 heavy (non-hydrogen) atoms. The Morgan fingerprint density at radius 2 is 1.41 bits per heavy atom. The van der Waals surface area contributed by atoms with Crippen molar-refractivity contribution in [1.29, 1.82) is 0 Å². The topological polar surface area (TPSA) is 80.8 Å². The fraction of sp³-hybridized carbons (Fsp3) is 0.304. The predicted molar refractivity (Wildman–Crippen MR) is 106 cm³/mol. The highest BCUT2D eigenvalue weighted by Gasteiger charge is 2.28. The van der Waals surface area contributed by atoms with Crippen LogP contribution in [0.25, 0.3) is 0 Å². The molecule has 1 aliphatic rings. The summed E-state index contributed by atoms with van der Waals surface area (Å²) >= 11 is 0. The van der Waals surface area contributed by atoms with Crippen LogP contribution in [0.15, 0.2) is 48.5 Å². The van der Waals surface area contributed by atoms with Gasteiger partial charge in [0.1, 0.15) is 0 Å². The average Bonchev–Trinajstić information content (AvgIpc) is 3.05. The number of nitrogens with zero attached hydrogens (tertiary/aromatic N) is 1. The first-order chi connectivity index (χ1) is 13.9. The fourth-order valence-corrected chi connectivity index (χ4v) is 3.15. The lowest BCUT2D eigenvalue weighted by atomic mass is 10.0. The molecule has 6 nitrogen and oxygen atoms in total. The summed E-state index contributed by atoms with van der Waals surface area (Å²) in [4.78, 5) is 49.5. The van der Waals surface area contributed by atoms with E-state index in [2.05, 4.69) is 0 Å². The van der Waals surface area contributed by atoms with Gasteiger partial charge in [0, 0.05) is 18.4 Å². The molecule has 1 aliphatic heterocycles. The Hall–Kier alpha value is -3.28. The van der Waals surface area contributed by atoms with Crippen LogP contribution >= 0.6 is 0 Å². The maximum Gasteiger partial charge on any atom is 0.338 e. The Kier molecular flexibility index (Phi) is 6.22. The van der Waals surface area contributed by atoms with Crippen LogP contribution in [0.1, 0.15) is 58.5 Å². The Balaban J connectivity index is 1.60. The number of hydrogen-bond acceptors (Lipinski definition) is 5. The van der Waals surface area contributed by atoms with E-state index in [1.165, 1.54) is 4.90 Å². The maximum absolute atomic E-state index is 12.5. The summed E-state index contributed by atoms with van der Waals surface area (Å²) < 4.78 is 5.31. The first-order valence-electron chi connectivity index (χ1n) is 9.65. The van der Waals surface area contributed by atoms with Gasteiger partial charge in [-0.15, -0.1) is 0 Å². The molecule has 1 fully saturated rings. The lowest BCUT2D eigenvalue weighted by Gasteiger charge is -2.15. The Labute approximate surface area is 169 Å². The molecule has 0 aromatic heterocycles. The number of hydrogen-bond donors (Lipinski definition) is 0. The molecule has 150 valence electrons. The molecule has 2 aromatic carbocycles. The zero-order valence-electron chi connectivity index (χ0n) is 16.5. The minimum absolute atomic E-state index is 0.183. The number of esters is 1. The number of ether oxygens (including phenoxy) is 1. The van der Waals surface area contributed by atoms with E-state index in [0.717, 1.165) is 17.5 Å². The van der Waals surface area contributed by atoms with Crippen molar-refractivity contribution in [3.05, 3.63) is 70.8 Å². The Morgan fingerprint density at radius 3 is 1.97 bits per heavy atom. The number of aryl methyl sites for hydroxylation is 1. The van der Waals surface area contributed by atoms with Crippen LogP contribution in [0.5, 0.6) is 0 Å². The van der Waals surface area contributed by atoms with E-state index < -0.39 is 12.1 Å². The second-order valence-electron chi connectivity index (χ2n) is 7.03. The van der Waals surface area contributed by atoms with E-state index >= 15 is 0 Å². The van der Waals surface area contributed by atoms with Gasteiger partial charge in [-0.2, -0.15) is 0 Å². The van der Waals surface area contributed by atoms with Crippen LogP contribution in [-0.2, 0) is 27.3 Å². The second kappa shape index (κ2) is 8.82. The Morgan fingerprint density at radius 1 is 0.897 bits per heavy atom. The van der Waals surface area contributed by atoms with Crippen LogP contribution in [-0.4, -0.2) is 34.6 Å². The van der Waals surface area contributed by atoms with Crippen LogP contribution in [0, 0.1) is 0 Å². The molecule has 0 spiro atoms. The number of Topliss-reactive ketones (excluding diaryl/α,β-unsaturated/α-hetero) is 1. The molecule has 0 bridgehead atoms. The smallest absolute Gasteiger partial charge is 0.338 e. The van der Waals surface area contributed by atoms with E-state index in [1.54, 1.807) is 43.3 Å². The first kappa shape index (κ1) is 20.5. The number of likely N-dealkylation sites (tertiary alicyclic amines) is 1. The molecular formula is C23H23NO5. The molecule has 1 heterocycles. The number of ketones is 1. The SMILES string of the molecule is CCc1ccc(C(=O)[C@H](C)OC(=O)c2ccc(CN3C(=O)CCC3=O)cc2)cc1. The number of carbonyl (C=O) groups excluding carboxylic acids is 4. The molecule has 0 aliphatic carbocycles. The third-order valence-corrected chi connectivity index (χ3v) is 4.98. The van der Waals surface area contributed by atoms with Crippen molar-refractivity contribution in [3.63, 3.8) is 0 Å². The molecule has 0 N–H and O–H groups in total. The minimum Gasteiger partial charge on any atom is -0.451 e. The van der Waals surface area contributed by atoms with Gasteiger partial charge < -0.3 is 4.74 Å². The summed E-state index contributed by atoms with van der Waals surface area (Å²) in [6, 6.07) is 13.7. The lowest BCUT2D eigenvalue weighted by molar-refractivity contribution is -0.139. The Bertz CT molecular complexity index is 915. The van der Waals surface area contributed by atoms with Crippen molar-refractivity contribution in [2.45, 2.75) is 45.8 Å². The van der Waals surface area contributed by atoms with Crippen molar-refractivity contribution in [3.8, 4) is 0 Å². The molecule has 2 amide bonds. The van der Waals surface area contributed by atoms with E-state index in [0.29, 0.717) is 11.1 Å². The van der Waals surface area contributed by atoms with Crippen molar-refractivity contribution in [2.24, 2.45) is 0 Å². The number of carbonyl (C=O) groups is 4. The van der Waals surface area contributed by atoms with Gasteiger partial charge in [0.25, 0.3) is 0 Å². The summed E-state index contributed by atoms with van der Waals surface area (Å²) in [5.74, 6) is -1.23. The normalized spacial score (nSPS) is 14.8. The molecule has 0 saturated carbocycles. The highest BCUT2D eigenvalue weighted by Crippen LogP contribution is 2.17. The van der Waals surface area contributed by atoms with Gasteiger partial charge in [-0.1, -0.05) is 43.3 Å². The summed E-state index contributed by atoms with van der Waals surface area (Å²) in [7, 11) is 0. The van der Waals surface area contributed by atoms with Crippen LogP contribution < -0.4 is 0 Å². The molecule has 1 atom stereocenters. The molecule has 2 aromatic rings. The zero-order valence-corrected chi connectivity index (χ0v) is 16.5. The molecule has 0 unspecified atom stereocenters. The van der Waals surface area contributed by atoms with E-state index in [4.69, 9.17) is 4.74 Å². The quantitative estimate of drug-likeness (QED) is 0.409. The zero-order chi connectivity index (χ0) is 21.0. The number of imide groups is 1. The molecule has 6 heteroatoms. The predicted octanol–water partition coefficient (Wildman–Crippen LogP) is 3.33. The minimum atomic E-state index is -0.908. The van der Waals surface area contributed by atoms with Gasteiger partial charge in [0.15, 0.2) is 6.10 Å². The summed E-state index contributed by atoms with van der Waals surface area (Å²) in [6.45, 7) is 3.77. The molecule has 1 saturated heterocycles. The molecular weight excluding hydrogens is 370 g/mol. The lowest BCUT2D eigenvalue weighted by Crippen LogP contribution is -2.28.